The van der Waals surface area contributed by atoms with Crippen molar-refractivity contribution in [2.24, 2.45) is 0 Å². The van der Waals surface area contributed by atoms with E-state index in [1.807, 2.05) is 0 Å². The Bertz CT molecular complexity index is 646. The maximum atomic E-state index is 12.9. The van der Waals surface area contributed by atoms with Gasteiger partial charge in [0.05, 0.1) is 10.0 Å². The molecule has 1 heterocycles. The minimum atomic E-state index is -1.05. The monoisotopic (exact) mass is 325 g/mol. The summed E-state index contributed by atoms with van der Waals surface area (Å²) in [6.07, 6.45) is 1.21. The number of hydrogen-bond donors (Lipinski definition) is 1. The van der Waals surface area contributed by atoms with E-state index in [9.17, 15) is 9.18 Å². The number of aromatic nitrogens is 1. The van der Waals surface area contributed by atoms with E-state index in [1.54, 1.807) is 6.92 Å². The number of carboxylic acid groups (broad SMARTS) is 1. The molecule has 1 aromatic heterocycles. The van der Waals surface area contributed by atoms with Crippen LogP contribution in [-0.2, 0) is 0 Å². The fraction of sp³-hybridized carbons (Fsp3) is 0.0769. The summed E-state index contributed by atoms with van der Waals surface area (Å²) in [6.45, 7) is 1.69. The molecule has 2 aromatic rings. The van der Waals surface area contributed by atoms with E-state index in [1.165, 1.54) is 30.5 Å². The maximum absolute atomic E-state index is 12.9. The average Bonchev–Trinajstić information content (AvgIpc) is 2.34. The van der Waals surface area contributed by atoms with Crippen molar-refractivity contribution in [2.45, 2.75) is 6.92 Å². The molecule has 2 rings (SSSR count). The van der Waals surface area contributed by atoms with Gasteiger partial charge < -0.3 is 9.84 Å². The Morgan fingerprint density at radius 3 is 2.74 bits per heavy atom. The molecule has 0 amide bonds. The predicted molar refractivity (Wildman–Crippen MR) is 70.1 cm³/mol. The van der Waals surface area contributed by atoms with Crippen LogP contribution < -0.4 is 4.74 Å². The highest BCUT2D eigenvalue weighted by molar-refractivity contribution is 9.10. The minimum Gasteiger partial charge on any atom is -0.478 e. The molecule has 0 unspecified atom stereocenters. The summed E-state index contributed by atoms with van der Waals surface area (Å²) < 4.78 is 18.9. The first-order chi connectivity index (χ1) is 8.97. The van der Waals surface area contributed by atoms with Crippen molar-refractivity contribution in [1.82, 2.24) is 4.98 Å². The lowest BCUT2D eigenvalue weighted by Gasteiger charge is -2.09. The van der Waals surface area contributed by atoms with Crippen LogP contribution in [0.2, 0.25) is 0 Å². The van der Waals surface area contributed by atoms with Crippen LogP contribution in [0.1, 0.15) is 15.9 Å². The molecule has 6 heteroatoms. The number of nitrogens with zero attached hydrogens (tertiary/aromatic N) is 1. The number of aromatic carboxylic acids is 1. The lowest BCUT2D eigenvalue weighted by atomic mass is 10.2. The van der Waals surface area contributed by atoms with Gasteiger partial charge in [-0.2, -0.15) is 0 Å². The Morgan fingerprint density at radius 2 is 2.16 bits per heavy atom. The number of pyridine rings is 1. The molecule has 0 fully saturated rings. The van der Waals surface area contributed by atoms with E-state index in [2.05, 4.69) is 20.9 Å². The second kappa shape index (κ2) is 5.36. The third-order valence-electron chi connectivity index (χ3n) is 2.38. The van der Waals surface area contributed by atoms with E-state index in [4.69, 9.17) is 9.84 Å². The summed E-state index contributed by atoms with van der Waals surface area (Å²) in [7, 11) is 0. The molecule has 1 N–H and O–H groups in total. The number of aryl methyl sites for hydroxylation is 1. The van der Waals surface area contributed by atoms with Crippen molar-refractivity contribution in [2.75, 3.05) is 0 Å². The van der Waals surface area contributed by atoms with Gasteiger partial charge in [-0.05, 0) is 47.1 Å². The van der Waals surface area contributed by atoms with Crippen molar-refractivity contribution in [3.8, 4) is 11.6 Å². The van der Waals surface area contributed by atoms with Gasteiger partial charge >= 0.3 is 5.97 Å². The third kappa shape index (κ3) is 3.08. The molecule has 0 bridgehead atoms. The largest absolute Gasteiger partial charge is 0.478 e. The van der Waals surface area contributed by atoms with Gasteiger partial charge in [-0.15, -0.1) is 0 Å². The first-order valence-corrected chi connectivity index (χ1v) is 6.09. The molecular formula is C13H9BrFNO3. The van der Waals surface area contributed by atoms with Crippen LogP contribution >= 0.6 is 15.9 Å². The van der Waals surface area contributed by atoms with Crippen molar-refractivity contribution in [1.29, 1.82) is 0 Å². The number of hydrogen-bond acceptors (Lipinski definition) is 3. The van der Waals surface area contributed by atoms with Gasteiger partial charge in [-0.3, -0.25) is 0 Å². The average molecular weight is 326 g/mol. The topological polar surface area (TPSA) is 59.4 Å². The minimum absolute atomic E-state index is 0.0861. The Balaban J connectivity index is 2.31. The van der Waals surface area contributed by atoms with Gasteiger partial charge in [0.25, 0.3) is 0 Å². The Morgan fingerprint density at radius 1 is 1.42 bits per heavy atom. The molecule has 0 spiro atoms. The highest BCUT2D eigenvalue weighted by Gasteiger charge is 2.10. The standard InChI is InChI=1S/C13H9BrFNO3/c1-7-4-8(13(17)18)6-16-12(7)19-11-3-2-9(15)5-10(11)14/h2-6H,1H3,(H,17,18). The lowest BCUT2D eigenvalue weighted by molar-refractivity contribution is 0.0696. The van der Waals surface area contributed by atoms with Crippen LogP contribution in [0.15, 0.2) is 34.9 Å². The SMILES string of the molecule is Cc1cc(C(=O)O)cnc1Oc1ccc(F)cc1Br. The molecule has 19 heavy (non-hydrogen) atoms. The summed E-state index contributed by atoms with van der Waals surface area (Å²) in [4.78, 5) is 14.7. The fourth-order valence-corrected chi connectivity index (χ4v) is 1.88. The number of carbonyl (C=O) groups is 1. The van der Waals surface area contributed by atoms with Crippen LogP contribution in [0.4, 0.5) is 4.39 Å². The Labute approximate surface area is 117 Å². The Hall–Kier alpha value is -1.95. The molecular weight excluding hydrogens is 317 g/mol. The van der Waals surface area contributed by atoms with Crippen LogP contribution in [0.5, 0.6) is 11.6 Å². The zero-order chi connectivity index (χ0) is 14.0. The van der Waals surface area contributed by atoms with Crippen LogP contribution in [0, 0.1) is 12.7 Å². The molecule has 0 saturated carbocycles. The molecule has 0 aliphatic rings. The quantitative estimate of drug-likeness (QED) is 0.932. The molecule has 0 saturated heterocycles. The van der Waals surface area contributed by atoms with E-state index < -0.39 is 5.97 Å². The van der Waals surface area contributed by atoms with Gasteiger partial charge in [0.15, 0.2) is 0 Å². The molecule has 0 atom stereocenters. The van der Waals surface area contributed by atoms with Crippen LogP contribution in [-0.4, -0.2) is 16.1 Å². The van der Waals surface area contributed by atoms with Gasteiger partial charge in [0.2, 0.25) is 5.88 Å². The smallest absolute Gasteiger partial charge is 0.337 e. The third-order valence-corrected chi connectivity index (χ3v) is 3.00. The van der Waals surface area contributed by atoms with Crippen molar-refractivity contribution >= 4 is 21.9 Å². The van der Waals surface area contributed by atoms with Crippen molar-refractivity contribution < 1.29 is 19.0 Å². The van der Waals surface area contributed by atoms with Crippen LogP contribution in [0.3, 0.4) is 0 Å². The number of ether oxygens (including phenoxy) is 1. The van der Waals surface area contributed by atoms with Gasteiger partial charge in [0.1, 0.15) is 11.6 Å². The van der Waals surface area contributed by atoms with Gasteiger partial charge in [-0.1, -0.05) is 0 Å². The molecule has 0 aliphatic carbocycles. The second-order valence-corrected chi connectivity index (χ2v) is 4.68. The van der Waals surface area contributed by atoms with Crippen molar-refractivity contribution in [3.05, 3.63) is 51.9 Å². The molecule has 1 aromatic carbocycles. The molecule has 98 valence electrons. The van der Waals surface area contributed by atoms with E-state index in [0.717, 1.165) is 0 Å². The zero-order valence-corrected chi connectivity index (χ0v) is 11.4. The van der Waals surface area contributed by atoms with Crippen LogP contribution in [0.25, 0.3) is 0 Å². The maximum Gasteiger partial charge on any atom is 0.337 e. The lowest BCUT2D eigenvalue weighted by Crippen LogP contribution is -2.00. The predicted octanol–water partition coefficient (Wildman–Crippen LogP) is 3.78. The second-order valence-electron chi connectivity index (χ2n) is 3.83. The highest BCUT2D eigenvalue weighted by atomic mass is 79.9. The first kappa shape index (κ1) is 13.5. The first-order valence-electron chi connectivity index (χ1n) is 5.30. The fourth-order valence-electron chi connectivity index (χ4n) is 1.45. The summed E-state index contributed by atoms with van der Waals surface area (Å²) in [5, 5.41) is 8.83. The summed E-state index contributed by atoms with van der Waals surface area (Å²) >= 11 is 3.18. The van der Waals surface area contributed by atoms with Gasteiger partial charge in [0, 0.05) is 11.8 Å². The number of rotatable bonds is 3. The molecule has 4 nitrogen and oxygen atoms in total. The Kier molecular flexibility index (Phi) is 3.80. The highest BCUT2D eigenvalue weighted by Crippen LogP contribution is 2.30. The molecule has 0 radical (unpaired) electrons. The van der Waals surface area contributed by atoms with Gasteiger partial charge in [-0.25, -0.2) is 14.2 Å². The number of benzene rings is 1. The normalized spacial score (nSPS) is 10.3. The zero-order valence-electron chi connectivity index (χ0n) is 9.85. The van der Waals surface area contributed by atoms with E-state index >= 15 is 0 Å². The summed E-state index contributed by atoms with van der Waals surface area (Å²) in [5.41, 5.74) is 0.666. The summed E-state index contributed by atoms with van der Waals surface area (Å²) in [6, 6.07) is 5.46. The van der Waals surface area contributed by atoms with Crippen molar-refractivity contribution in [3.63, 3.8) is 0 Å². The van der Waals surface area contributed by atoms with E-state index in [0.29, 0.717) is 15.8 Å². The number of halogens is 2. The number of carboxylic acids is 1. The van der Waals surface area contributed by atoms with E-state index in [-0.39, 0.29) is 17.3 Å². The summed E-state index contributed by atoms with van der Waals surface area (Å²) in [5.74, 6) is -0.757. The molecule has 0 aliphatic heterocycles.